The summed E-state index contributed by atoms with van der Waals surface area (Å²) < 4.78 is 0. The number of nitriles is 2. The Labute approximate surface area is 152 Å². The maximum Gasteiger partial charge on any atom is 0.199 e. The smallest absolute Gasteiger partial charge is 0.199 e. The number of fused-ring (bicyclic) bond motifs is 1. The van der Waals surface area contributed by atoms with Gasteiger partial charge in [0.25, 0.3) is 0 Å². The quantitative estimate of drug-likeness (QED) is 0.867. The van der Waals surface area contributed by atoms with Crippen LogP contribution in [-0.2, 0) is 0 Å². The molecule has 0 unspecified atom stereocenters. The third-order valence-electron chi connectivity index (χ3n) is 4.69. The Morgan fingerprint density at radius 3 is 2.77 bits per heavy atom. The van der Waals surface area contributed by atoms with Gasteiger partial charge in [0.1, 0.15) is 0 Å². The number of H-pyrrole nitrogens is 1. The number of aromatic amines is 1. The number of allylic oxidation sites excluding steroid dienone is 2. The zero-order valence-corrected chi connectivity index (χ0v) is 15.0. The van der Waals surface area contributed by atoms with Gasteiger partial charge < -0.3 is 19.9 Å². The lowest BCUT2D eigenvalue weighted by Gasteiger charge is -2.33. The highest BCUT2D eigenvalue weighted by atomic mass is 16.3. The van der Waals surface area contributed by atoms with E-state index in [1.807, 2.05) is 25.3 Å². The van der Waals surface area contributed by atoms with Crippen molar-refractivity contribution in [1.29, 1.82) is 10.5 Å². The molecule has 0 spiro atoms. The summed E-state index contributed by atoms with van der Waals surface area (Å²) in [5.41, 5.74) is 4.09. The molecule has 0 aliphatic carbocycles. The lowest BCUT2D eigenvalue weighted by atomic mass is 10.0. The summed E-state index contributed by atoms with van der Waals surface area (Å²) in [6, 6.07) is 9.67. The minimum absolute atomic E-state index is 0.0990. The molecule has 1 aliphatic heterocycles. The molecule has 2 heterocycles. The van der Waals surface area contributed by atoms with Gasteiger partial charge in [-0.1, -0.05) is 0 Å². The highest BCUT2D eigenvalue weighted by molar-refractivity contribution is 5.96. The Bertz CT molecular complexity index is 970. The Kier molecular flexibility index (Phi) is 4.86. The molecule has 2 aromatic rings. The maximum atomic E-state index is 10.4. The van der Waals surface area contributed by atoms with Crippen molar-refractivity contribution in [3.8, 4) is 18.0 Å². The first-order chi connectivity index (χ1) is 12.6. The highest BCUT2D eigenvalue weighted by Crippen LogP contribution is 2.36. The van der Waals surface area contributed by atoms with Gasteiger partial charge >= 0.3 is 0 Å². The van der Waals surface area contributed by atoms with Crippen LogP contribution in [0, 0.1) is 22.7 Å². The molecule has 1 aromatic carbocycles. The van der Waals surface area contributed by atoms with E-state index in [0.717, 1.165) is 28.8 Å². The van der Waals surface area contributed by atoms with E-state index in [-0.39, 0.29) is 5.88 Å². The molecular formula is C20H21N5O. The first-order valence-electron chi connectivity index (χ1n) is 8.58. The lowest BCUT2D eigenvalue weighted by molar-refractivity contribution is 0.331. The highest BCUT2D eigenvalue weighted by Gasteiger charge is 2.22. The van der Waals surface area contributed by atoms with Crippen molar-refractivity contribution in [3.63, 3.8) is 0 Å². The monoisotopic (exact) mass is 347 g/mol. The number of aromatic nitrogens is 1. The molecule has 6 heteroatoms. The van der Waals surface area contributed by atoms with Crippen LogP contribution in [0.2, 0.25) is 0 Å². The Hall–Kier alpha value is -3.38. The van der Waals surface area contributed by atoms with Crippen LogP contribution in [0.3, 0.4) is 0 Å². The molecule has 0 bridgehead atoms. The summed E-state index contributed by atoms with van der Waals surface area (Å²) in [6.07, 6.45) is 4.52. The van der Waals surface area contributed by atoms with Gasteiger partial charge in [-0.25, -0.2) is 0 Å². The SMILES string of the molecule is CCN(CCC#N)C1=CC=C(c2c(O)[nH]c3ccc(C#N)cc23)N(C)C1. The molecule has 3 rings (SSSR count). The minimum Gasteiger partial charge on any atom is -0.494 e. The zero-order chi connectivity index (χ0) is 18.7. The third-order valence-corrected chi connectivity index (χ3v) is 4.69. The predicted molar refractivity (Wildman–Crippen MR) is 101 cm³/mol. The van der Waals surface area contributed by atoms with Gasteiger partial charge in [-0.3, -0.25) is 0 Å². The minimum atomic E-state index is 0.0990. The van der Waals surface area contributed by atoms with Gasteiger partial charge in [0.2, 0.25) is 0 Å². The van der Waals surface area contributed by atoms with Crippen molar-refractivity contribution in [2.75, 3.05) is 26.7 Å². The number of hydrogen-bond donors (Lipinski definition) is 2. The number of nitrogens with zero attached hydrogens (tertiary/aromatic N) is 4. The van der Waals surface area contributed by atoms with E-state index in [1.54, 1.807) is 12.1 Å². The predicted octanol–water partition coefficient (Wildman–Crippen LogP) is 3.15. The average Bonchev–Trinajstić information content (AvgIpc) is 2.97. The number of aromatic hydroxyl groups is 1. The number of benzene rings is 1. The Morgan fingerprint density at radius 2 is 2.12 bits per heavy atom. The van der Waals surface area contributed by atoms with E-state index in [9.17, 15) is 5.11 Å². The largest absolute Gasteiger partial charge is 0.494 e. The fraction of sp³-hybridized carbons (Fsp3) is 0.300. The first-order valence-corrected chi connectivity index (χ1v) is 8.58. The molecule has 0 fully saturated rings. The summed E-state index contributed by atoms with van der Waals surface area (Å²) in [7, 11) is 1.98. The second kappa shape index (κ2) is 7.25. The maximum absolute atomic E-state index is 10.4. The van der Waals surface area contributed by atoms with Crippen molar-refractivity contribution in [3.05, 3.63) is 47.2 Å². The molecule has 132 valence electrons. The van der Waals surface area contributed by atoms with E-state index in [0.29, 0.717) is 30.6 Å². The van der Waals surface area contributed by atoms with Gasteiger partial charge in [0.15, 0.2) is 5.88 Å². The molecule has 26 heavy (non-hydrogen) atoms. The molecule has 0 radical (unpaired) electrons. The fourth-order valence-electron chi connectivity index (χ4n) is 3.36. The van der Waals surface area contributed by atoms with Crippen molar-refractivity contribution in [2.45, 2.75) is 13.3 Å². The van der Waals surface area contributed by atoms with E-state index in [1.165, 1.54) is 0 Å². The van der Waals surface area contributed by atoms with E-state index >= 15 is 0 Å². The van der Waals surface area contributed by atoms with Crippen LogP contribution in [0.5, 0.6) is 5.88 Å². The molecule has 0 amide bonds. The van der Waals surface area contributed by atoms with E-state index in [2.05, 4.69) is 33.8 Å². The van der Waals surface area contributed by atoms with Crippen molar-refractivity contribution in [2.24, 2.45) is 0 Å². The molecular weight excluding hydrogens is 326 g/mol. The molecule has 0 saturated carbocycles. The molecule has 6 nitrogen and oxygen atoms in total. The molecule has 0 atom stereocenters. The second-order valence-electron chi connectivity index (χ2n) is 6.27. The normalized spacial score (nSPS) is 13.8. The van der Waals surface area contributed by atoms with E-state index in [4.69, 9.17) is 10.5 Å². The van der Waals surface area contributed by atoms with Crippen molar-refractivity contribution >= 4 is 16.6 Å². The number of nitrogens with one attached hydrogen (secondary N) is 1. The summed E-state index contributed by atoms with van der Waals surface area (Å²) in [5, 5.41) is 29.3. The van der Waals surface area contributed by atoms with Crippen LogP contribution in [-0.4, -0.2) is 46.6 Å². The van der Waals surface area contributed by atoms with Gasteiger partial charge in [0, 0.05) is 36.7 Å². The summed E-state index contributed by atoms with van der Waals surface area (Å²) in [4.78, 5) is 7.25. The van der Waals surface area contributed by atoms with Crippen molar-refractivity contribution in [1.82, 2.24) is 14.8 Å². The molecule has 1 aliphatic rings. The molecule has 0 saturated heterocycles. The molecule has 2 N–H and O–H groups in total. The Morgan fingerprint density at radius 1 is 1.31 bits per heavy atom. The van der Waals surface area contributed by atoms with Gasteiger partial charge in [-0.15, -0.1) is 0 Å². The number of hydrogen-bond acceptors (Lipinski definition) is 5. The van der Waals surface area contributed by atoms with Crippen LogP contribution in [0.15, 0.2) is 36.0 Å². The first kappa shape index (κ1) is 17.4. The number of rotatable bonds is 5. The second-order valence-corrected chi connectivity index (χ2v) is 6.27. The van der Waals surface area contributed by atoms with Crippen LogP contribution >= 0.6 is 0 Å². The van der Waals surface area contributed by atoms with Gasteiger partial charge in [-0.2, -0.15) is 10.5 Å². The van der Waals surface area contributed by atoms with Crippen LogP contribution in [0.25, 0.3) is 16.6 Å². The standard InChI is InChI=1S/C20H21N5O/c1-3-25(10-4-9-21)15-6-8-18(24(2)13-15)19-16-11-14(12-22)5-7-17(16)23-20(19)26/h5-8,11,23,26H,3-4,10,13H2,1-2H3. The van der Waals surface area contributed by atoms with Crippen LogP contribution < -0.4 is 0 Å². The third kappa shape index (κ3) is 3.10. The van der Waals surface area contributed by atoms with Crippen molar-refractivity contribution < 1.29 is 5.11 Å². The van der Waals surface area contributed by atoms with Crippen LogP contribution in [0.1, 0.15) is 24.5 Å². The summed E-state index contributed by atoms with van der Waals surface area (Å²) in [6.45, 7) is 4.32. The lowest BCUT2D eigenvalue weighted by Crippen LogP contribution is -2.33. The van der Waals surface area contributed by atoms with E-state index < -0.39 is 0 Å². The van der Waals surface area contributed by atoms with Gasteiger partial charge in [0.05, 0.1) is 41.9 Å². The van der Waals surface area contributed by atoms with Crippen LogP contribution in [0.4, 0.5) is 0 Å². The average molecular weight is 347 g/mol. The fourth-order valence-corrected chi connectivity index (χ4v) is 3.36. The van der Waals surface area contributed by atoms with Gasteiger partial charge in [-0.05, 0) is 37.3 Å². The Balaban J connectivity index is 2.02. The summed E-state index contributed by atoms with van der Waals surface area (Å²) >= 11 is 0. The molecule has 1 aromatic heterocycles. The summed E-state index contributed by atoms with van der Waals surface area (Å²) in [5.74, 6) is 0.0990. The topological polar surface area (TPSA) is 90.1 Å². The number of likely N-dealkylation sites (N-methyl/N-ethyl adjacent to an activating group) is 2. The zero-order valence-electron chi connectivity index (χ0n) is 15.0.